The zero-order chi connectivity index (χ0) is 5.15. The van der Waals surface area contributed by atoms with Crippen LogP contribution in [-0.4, -0.2) is 0 Å². The summed E-state index contributed by atoms with van der Waals surface area (Å²) in [5.41, 5.74) is 2.13. The first-order valence-electron chi connectivity index (χ1n) is 1.96. The van der Waals surface area contributed by atoms with Crippen LogP contribution in [0.25, 0.3) is 0 Å². The summed E-state index contributed by atoms with van der Waals surface area (Å²) >= 11 is 0. The second kappa shape index (κ2) is 16.6. The minimum Gasteiger partial charge on any atom is -0.367 e. The Morgan fingerprint density at radius 2 is 1.00 bits per heavy atom. The molecule has 0 aliphatic heterocycles. The molecule has 1 radical (unpaired) electrons. The minimum absolute atomic E-state index is 0. The molecule has 2 heteroatoms. The molecule has 0 amide bonds. The summed E-state index contributed by atoms with van der Waals surface area (Å²) in [6, 6.07) is 0. The van der Waals surface area contributed by atoms with Crippen LogP contribution < -0.4 is 0 Å². The molecule has 0 saturated carbocycles. The van der Waals surface area contributed by atoms with E-state index in [4.69, 9.17) is 0 Å². The van der Waals surface area contributed by atoms with E-state index in [1.54, 1.807) is 0 Å². The quantitative estimate of drug-likeness (QED) is 0.545. The standard InChI is InChI=1S/C6H10.2CH4.U.V/c1-5(2)6(3)4;;;;/h1,3H2,2,4H3;2*1H4;;/q-2;;;;/b6-5-;;;;. The smallest absolute Gasteiger partial charge is 0 e. The SMILES string of the molecule is C.C.[CH2-]/C(C)=C(\[CH2-])C.[U].[V]. The van der Waals surface area contributed by atoms with Crippen LogP contribution in [0.5, 0.6) is 0 Å². The van der Waals surface area contributed by atoms with E-state index < -0.39 is 0 Å². The van der Waals surface area contributed by atoms with Crippen LogP contribution in [0.2, 0.25) is 0 Å². The molecule has 0 nitrogen and oxygen atoms in total. The first-order valence-corrected chi connectivity index (χ1v) is 1.96. The Bertz CT molecular complexity index is 59.3. The van der Waals surface area contributed by atoms with Crippen molar-refractivity contribution in [1.82, 2.24) is 0 Å². The van der Waals surface area contributed by atoms with Gasteiger partial charge in [0.15, 0.2) is 0 Å². The molecular weight excluding hydrogens is 385 g/mol. The maximum Gasteiger partial charge on any atom is 0 e. The van der Waals surface area contributed by atoms with E-state index in [2.05, 4.69) is 13.8 Å². The third kappa shape index (κ3) is 22.9. The molecule has 0 atom stereocenters. The molecule has 0 aliphatic rings. The summed E-state index contributed by atoms with van der Waals surface area (Å²) in [4.78, 5) is 0. The molecule has 61 valence electrons. The molecule has 0 fully saturated rings. The van der Waals surface area contributed by atoms with Crippen molar-refractivity contribution in [2.24, 2.45) is 0 Å². The molecule has 0 aromatic rings. The Balaban J connectivity index is -0.0000000208. The molecule has 0 rings (SSSR count). The van der Waals surface area contributed by atoms with Gasteiger partial charge in [0.1, 0.15) is 0 Å². The summed E-state index contributed by atoms with van der Waals surface area (Å²) in [6.07, 6.45) is 0. The Hall–Kier alpha value is 1.12. The average Bonchev–Trinajstić information content (AvgIpc) is 1.36. The van der Waals surface area contributed by atoms with Gasteiger partial charge < -0.3 is 25.0 Å². The average molecular weight is 403 g/mol. The molecular formula is C8H18UV-2. The van der Waals surface area contributed by atoms with Gasteiger partial charge in [-0.25, -0.2) is 0 Å². The first-order chi connectivity index (χ1) is 2.64. The fourth-order valence-electron chi connectivity index (χ4n) is 0. The van der Waals surface area contributed by atoms with E-state index in [-0.39, 0.29) is 64.5 Å². The number of hydrogen-bond acceptors (Lipinski definition) is 0. The molecule has 0 heterocycles. The van der Waals surface area contributed by atoms with Gasteiger partial charge in [-0.2, -0.15) is 0 Å². The van der Waals surface area contributed by atoms with E-state index >= 15 is 0 Å². The molecule has 0 bridgehead atoms. The third-order valence-corrected chi connectivity index (χ3v) is 0.729. The van der Waals surface area contributed by atoms with E-state index in [0.717, 1.165) is 11.1 Å². The Morgan fingerprint density at radius 1 is 0.900 bits per heavy atom. The van der Waals surface area contributed by atoms with Gasteiger partial charge in [0.25, 0.3) is 0 Å². The van der Waals surface area contributed by atoms with Crippen LogP contribution >= 0.6 is 0 Å². The summed E-state index contributed by atoms with van der Waals surface area (Å²) in [6.45, 7) is 11.2. The van der Waals surface area contributed by atoms with Crippen LogP contribution in [0, 0.1) is 45.0 Å². The zero-order valence-corrected chi connectivity index (χ0v) is 10.9. The van der Waals surface area contributed by atoms with Gasteiger partial charge >= 0.3 is 0 Å². The molecule has 0 spiro atoms. The normalized spacial score (nSPS) is 8.20. The van der Waals surface area contributed by atoms with E-state index in [1.165, 1.54) is 0 Å². The van der Waals surface area contributed by atoms with Crippen molar-refractivity contribution in [2.75, 3.05) is 0 Å². The van der Waals surface area contributed by atoms with Gasteiger partial charge in [0.2, 0.25) is 0 Å². The van der Waals surface area contributed by atoms with E-state index in [0.29, 0.717) is 0 Å². The molecule has 0 aliphatic carbocycles. The zero-order valence-electron chi connectivity index (χ0n) is 5.36. The van der Waals surface area contributed by atoms with Crippen molar-refractivity contribution < 1.29 is 49.7 Å². The van der Waals surface area contributed by atoms with Crippen LogP contribution in [0.4, 0.5) is 0 Å². The molecule has 10 heavy (non-hydrogen) atoms. The summed E-state index contributed by atoms with van der Waals surface area (Å²) in [5.74, 6) is 0. The predicted octanol–water partition coefficient (Wildman–Crippen LogP) is 3.26. The molecule has 0 saturated heterocycles. The molecule has 0 unspecified atom stereocenters. The fourth-order valence-corrected chi connectivity index (χ4v) is 0. The van der Waals surface area contributed by atoms with Crippen molar-refractivity contribution in [1.29, 1.82) is 0 Å². The number of rotatable bonds is 0. The third-order valence-electron chi connectivity index (χ3n) is 0.729. The maximum absolute atomic E-state index is 3.66. The monoisotopic (exact) mass is 403 g/mol. The van der Waals surface area contributed by atoms with Crippen molar-refractivity contribution in [3.05, 3.63) is 25.0 Å². The van der Waals surface area contributed by atoms with Gasteiger partial charge in [-0.15, -0.1) is 13.8 Å². The molecule has 0 aromatic heterocycles. The van der Waals surface area contributed by atoms with Crippen LogP contribution in [0.15, 0.2) is 11.1 Å². The Kier molecular flexibility index (Phi) is 50.5. The Morgan fingerprint density at radius 3 is 1.00 bits per heavy atom. The second-order valence-electron chi connectivity index (χ2n) is 1.56. The van der Waals surface area contributed by atoms with Gasteiger partial charge in [0.05, 0.1) is 0 Å². The fraction of sp³-hybridized carbons (Fsp3) is 0.500. The summed E-state index contributed by atoms with van der Waals surface area (Å²) in [7, 11) is 0. The first kappa shape index (κ1) is 30.4. The molecule has 0 N–H and O–H groups in total. The summed E-state index contributed by atoms with van der Waals surface area (Å²) in [5, 5.41) is 0. The predicted molar refractivity (Wildman–Crippen MR) is 42.6 cm³/mol. The van der Waals surface area contributed by atoms with Crippen molar-refractivity contribution in [2.45, 2.75) is 28.7 Å². The van der Waals surface area contributed by atoms with Gasteiger partial charge in [-0.3, -0.25) is 0 Å². The number of hydrogen-bond donors (Lipinski definition) is 0. The van der Waals surface area contributed by atoms with Gasteiger partial charge in [0, 0.05) is 49.7 Å². The van der Waals surface area contributed by atoms with Crippen molar-refractivity contribution in [3.63, 3.8) is 0 Å². The van der Waals surface area contributed by atoms with Crippen LogP contribution in [0.3, 0.4) is 0 Å². The van der Waals surface area contributed by atoms with E-state index in [1.807, 2.05) is 13.8 Å². The minimum atomic E-state index is 0. The topological polar surface area (TPSA) is 0 Å². The van der Waals surface area contributed by atoms with Gasteiger partial charge in [-0.1, -0.05) is 14.9 Å². The van der Waals surface area contributed by atoms with Crippen molar-refractivity contribution in [3.8, 4) is 0 Å². The van der Waals surface area contributed by atoms with E-state index in [9.17, 15) is 0 Å². The van der Waals surface area contributed by atoms with Crippen LogP contribution in [-0.2, 0) is 18.6 Å². The Labute approximate surface area is 103 Å². The number of allylic oxidation sites excluding steroid dienone is 2. The van der Waals surface area contributed by atoms with Gasteiger partial charge in [-0.05, 0) is 0 Å². The second-order valence-corrected chi connectivity index (χ2v) is 1.56. The summed E-state index contributed by atoms with van der Waals surface area (Å²) < 4.78 is 0. The molecule has 0 aromatic carbocycles. The largest absolute Gasteiger partial charge is 0.367 e. The van der Waals surface area contributed by atoms with Crippen LogP contribution in [0.1, 0.15) is 28.7 Å². The maximum atomic E-state index is 3.66. The van der Waals surface area contributed by atoms with Crippen molar-refractivity contribution >= 4 is 0 Å².